The van der Waals surface area contributed by atoms with Gasteiger partial charge in [0.15, 0.2) is 0 Å². The SMILES string of the molecule is C[C@@H](O)[C@H]1C(=O)N2C(C(=O)O)=C(S[C@H]3CCN(S(C)(=O)=O)C3)[C@H](C)[C@H]12. The lowest BCUT2D eigenvalue weighted by atomic mass is 9.79. The van der Waals surface area contributed by atoms with Gasteiger partial charge in [0.1, 0.15) is 5.70 Å². The number of aliphatic hydroxyl groups excluding tert-OH is 1. The maximum atomic E-state index is 12.3. The van der Waals surface area contributed by atoms with E-state index in [1.165, 1.54) is 21.0 Å². The summed E-state index contributed by atoms with van der Waals surface area (Å²) >= 11 is 1.36. The Balaban J connectivity index is 1.83. The lowest BCUT2D eigenvalue weighted by Gasteiger charge is -2.46. The van der Waals surface area contributed by atoms with Crippen LogP contribution in [0.15, 0.2) is 10.6 Å². The van der Waals surface area contributed by atoms with Crippen LogP contribution in [0.5, 0.6) is 0 Å². The molecule has 0 bridgehead atoms. The second-order valence-corrected chi connectivity index (χ2v) is 10.2. The van der Waals surface area contributed by atoms with E-state index in [1.807, 2.05) is 6.92 Å². The molecule has 140 valence electrons. The van der Waals surface area contributed by atoms with Gasteiger partial charge in [-0.15, -0.1) is 11.8 Å². The van der Waals surface area contributed by atoms with Gasteiger partial charge in [0.05, 0.1) is 24.3 Å². The molecule has 3 rings (SSSR count). The summed E-state index contributed by atoms with van der Waals surface area (Å²) in [5, 5.41) is 19.4. The summed E-state index contributed by atoms with van der Waals surface area (Å²) in [6.45, 7) is 4.16. The highest BCUT2D eigenvalue weighted by Gasteiger charge is 2.60. The van der Waals surface area contributed by atoms with E-state index in [-0.39, 0.29) is 28.8 Å². The molecule has 2 saturated heterocycles. The number of aliphatic carboxylic acids is 1. The van der Waals surface area contributed by atoms with Gasteiger partial charge in [-0.2, -0.15) is 0 Å². The number of sulfonamides is 1. The summed E-state index contributed by atoms with van der Waals surface area (Å²) in [5.74, 6) is -2.30. The molecule has 5 atom stereocenters. The van der Waals surface area contributed by atoms with Crippen molar-refractivity contribution in [2.24, 2.45) is 11.8 Å². The van der Waals surface area contributed by atoms with Crippen LogP contribution in [-0.2, 0) is 19.6 Å². The smallest absolute Gasteiger partial charge is 0.353 e. The number of aliphatic hydroxyl groups is 1. The number of amides is 1. The van der Waals surface area contributed by atoms with Crippen LogP contribution in [0.2, 0.25) is 0 Å². The highest BCUT2D eigenvalue weighted by atomic mass is 32.2. The molecule has 1 amide bonds. The predicted molar refractivity (Wildman–Crippen MR) is 92.0 cm³/mol. The molecule has 0 radical (unpaired) electrons. The number of carboxylic acid groups (broad SMARTS) is 1. The topological polar surface area (TPSA) is 115 Å². The van der Waals surface area contributed by atoms with Gasteiger partial charge in [-0.05, 0) is 13.3 Å². The van der Waals surface area contributed by atoms with Gasteiger partial charge in [-0.1, -0.05) is 6.92 Å². The molecule has 0 aliphatic carbocycles. The van der Waals surface area contributed by atoms with Crippen molar-refractivity contribution in [3.8, 4) is 0 Å². The third kappa shape index (κ3) is 2.98. The Bertz CT molecular complexity index is 747. The van der Waals surface area contributed by atoms with Crippen LogP contribution in [0.1, 0.15) is 20.3 Å². The fourth-order valence-corrected chi connectivity index (χ4v) is 6.42. The first-order valence-corrected chi connectivity index (χ1v) is 10.9. The van der Waals surface area contributed by atoms with Crippen LogP contribution in [0.4, 0.5) is 0 Å². The minimum Gasteiger partial charge on any atom is -0.477 e. The molecular weight excluding hydrogens is 368 g/mol. The predicted octanol–water partition coefficient (Wildman–Crippen LogP) is -0.0928. The Morgan fingerprint density at radius 1 is 1.40 bits per heavy atom. The maximum Gasteiger partial charge on any atom is 0.353 e. The lowest BCUT2D eigenvalue weighted by Crippen LogP contribution is -2.63. The van der Waals surface area contributed by atoms with Crippen molar-refractivity contribution in [1.82, 2.24) is 9.21 Å². The second kappa shape index (κ2) is 6.26. The molecule has 8 nitrogen and oxygen atoms in total. The summed E-state index contributed by atoms with van der Waals surface area (Å²) in [4.78, 5) is 25.9. The standard InChI is InChI=1S/C15H22N2O6S2/c1-7-11-10(8(2)18)14(19)17(11)12(15(20)21)13(7)24-9-4-5-16(6-9)25(3,22)23/h7-11,18H,4-6H2,1-3H3,(H,20,21)/t7-,8-,9+,10-,11-/m1/s1. The van der Waals surface area contributed by atoms with Crippen LogP contribution in [0, 0.1) is 11.8 Å². The molecule has 0 spiro atoms. The number of rotatable bonds is 5. The van der Waals surface area contributed by atoms with Crippen molar-refractivity contribution < 1.29 is 28.2 Å². The quantitative estimate of drug-likeness (QED) is 0.630. The molecule has 0 aromatic carbocycles. The highest BCUT2D eigenvalue weighted by molar-refractivity contribution is 8.03. The molecule has 3 aliphatic heterocycles. The zero-order chi connectivity index (χ0) is 18.7. The number of β-lactam (4-membered cyclic amide) rings is 1. The minimum atomic E-state index is -3.26. The second-order valence-electron chi connectivity index (χ2n) is 6.92. The number of hydrogen-bond donors (Lipinski definition) is 2. The molecule has 0 saturated carbocycles. The van der Waals surface area contributed by atoms with E-state index < -0.39 is 28.0 Å². The monoisotopic (exact) mass is 390 g/mol. The maximum absolute atomic E-state index is 12.3. The van der Waals surface area contributed by atoms with E-state index in [0.29, 0.717) is 24.4 Å². The van der Waals surface area contributed by atoms with E-state index in [9.17, 15) is 28.2 Å². The number of carboxylic acids is 1. The molecule has 0 aromatic rings. The van der Waals surface area contributed by atoms with Crippen molar-refractivity contribution in [2.75, 3.05) is 19.3 Å². The van der Waals surface area contributed by atoms with Crippen LogP contribution in [0.3, 0.4) is 0 Å². The Morgan fingerprint density at radius 3 is 2.52 bits per heavy atom. The molecule has 2 fully saturated rings. The van der Waals surface area contributed by atoms with Gasteiger partial charge in [-0.25, -0.2) is 17.5 Å². The van der Waals surface area contributed by atoms with Crippen molar-refractivity contribution >= 4 is 33.7 Å². The van der Waals surface area contributed by atoms with Crippen LogP contribution in [0.25, 0.3) is 0 Å². The zero-order valence-electron chi connectivity index (χ0n) is 14.2. The number of hydrogen-bond acceptors (Lipinski definition) is 6. The van der Waals surface area contributed by atoms with Gasteiger partial charge in [-0.3, -0.25) is 4.79 Å². The van der Waals surface area contributed by atoms with Crippen LogP contribution >= 0.6 is 11.8 Å². The summed E-state index contributed by atoms with van der Waals surface area (Å²) in [6.07, 6.45) is 0.972. The normalized spacial score (nSPS) is 34.2. The van der Waals surface area contributed by atoms with E-state index in [2.05, 4.69) is 0 Å². The summed E-state index contributed by atoms with van der Waals surface area (Å²) in [6, 6.07) is -0.339. The van der Waals surface area contributed by atoms with Gasteiger partial charge < -0.3 is 15.1 Å². The van der Waals surface area contributed by atoms with Gasteiger partial charge in [0.2, 0.25) is 15.9 Å². The number of nitrogens with zero attached hydrogens (tertiary/aromatic N) is 2. The fourth-order valence-electron chi connectivity index (χ4n) is 3.95. The average Bonchev–Trinajstić information content (AvgIpc) is 3.02. The van der Waals surface area contributed by atoms with Crippen molar-refractivity contribution in [3.05, 3.63) is 10.6 Å². The number of fused-ring (bicyclic) bond motifs is 1. The molecule has 3 aliphatic rings. The lowest BCUT2D eigenvalue weighted by molar-refractivity contribution is -0.163. The van der Waals surface area contributed by atoms with Gasteiger partial charge >= 0.3 is 5.97 Å². The third-order valence-electron chi connectivity index (χ3n) is 5.18. The van der Waals surface area contributed by atoms with Crippen molar-refractivity contribution in [1.29, 1.82) is 0 Å². The fraction of sp³-hybridized carbons (Fsp3) is 0.733. The molecule has 0 aromatic heterocycles. The van der Waals surface area contributed by atoms with Crippen molar-refractivity contribution in [2.45, 2.75) is 37.7 Å². The van der Waals surface area contributed by atoms with Crippen LogP contribution < -0.4 is 0 Å². The first-order chi connectivity index (χ1) is 11.5. The first kappa shape index (κ1) is 18.7. The van der Waals surface area contributed by atoms with E-state index in [0.717, 1.165) is 6.26 Å². The highest BCUT2D eigenvalue weighted by Crippen LogP contribution is 2.51. The molecule has 2 N–H and O–H groups in total. The molecule has 25 heavy (non-hydrogen) atoms. The number of thioether (sulfide) groups is 1. The summed E-state index contributed by atoms with van der Waals surface area (Å²) in [7, 11) is -3.26. The van der Waals surface area contributed by atoms with Crippen molar-refractivity contribution in [3.63, 3.8) is 0 Å². The van der Waals surface area contributed by atoms with E-state index >= 15 is 0 Å². The number of carbonyl (C=O) groups is 2. The minimum absolute atomic E-state index is 0.0118. The van der Waals surface area contributed by atoms with Gasteiger partial charge in [0.25, 0.3) is 0 Å². The van der Waals surface area contributed by atoms with Gasteiger partial charge in [0, 0.05) is 29.2 Å². The third-order valence-corrected chi connectivity index (χ3v) is 7.99. The zero-order valence-corrected chi connectivity index (χ0v) is 15.9. The van der Waals surface area contributed by atoms with E-state index in [4.69, 9.17) is 0 Å². The molecule has 3 heterocycles. The largest absolute Gasteiger partial charge is 0.477 e. The molecule has 0 unspecified atom stereocenters. The Morgan fingerprint density at radius 2 is 2.04 bits per heavy atom. The Hall–Kier alpha value is -1.10. The summed E-state index contributed by atoms with van der Waals surface area (Å²) in [5.41, 5.74) is -0.0118. The first-order valence-electron chi connectivity index (χ1n) is 8.14. The summed E-state index contributed by atoms with van der Waals surface area (Å²) < 4.78 is 24.7. The molecule has 10 heteroatoms. The Kier molecular flexibility index (Phi) is 4.68. The van der Waals surface area contributed by atoms with E-state index in [1.54, 1.807) is 6.92 Å². The molecular formula is C15H22N2O6S2. The number of carbonyl (C=O) groups excluding carboxylic acids is 1. The van der Waals surface area contributed by atoms with Crippen LogP contribution in [-0.4, -0.2) is 76.5 Å². The Labute approximate surface area is 150 Å². The average molecular weight is 390 g/mol.